The summed E-state index contributed by atoms with van der Waals surface area (Å²) < 4.78 is 0. The van der Waals surface area contributed by atoms with Crippen molar-refractivity contribution in [1.29, 1.82) is 0 Å². The Morgan fingerprint density at radius 1 is 1.45 bits per heavy atom. The molecular weight excluding hydrogens is 140 g/mol. The second kappa shape index (κ2) is 2.07. The van der Waals surface area contributed by atoms with Crippen molar-refractivity contribution < 1.29 is 9.90 Å². The fourth-order valence-corrected chi connectivity index (χ4v) is 1.80. The van der Waals surface area contributed by atoms with Crippen molar-refractivity contribution >= 4 is 5.78 Å². The van der Waals surface area contributed by atoms with Gasteiger partial charge in [-0.05, 0) is 26.2 Å². The van der Waals surface area contributed by atoms with E-state index in [4.69, 9.17) is 0 Å². The van der Waals surface area contributed by atoms with Gasteiger partial charge in [0.15, 0.2) is 5.78 Å². The first-order valence-corrected chi connectivity index (χ1v) is 4.09. The molecule has 1 rings (SSSR count). The van der Waals surface area contributed by atoms with Gasteiger partial charge in [-0.25, -0.2) is 0 Å². The molecule has 0 amide bonds. The summed E-state index contributed by atoms with van der Waals surface area (Å²) in [5.74, 6) is 0.469. The van der Waals surface area contributed by atoms with E-state index < -0.39 is 11.0 Å². The van der Waals surface area contributed by atoms with Crippen molar-refractivity contribution in [3.8, 4) is 0 Å². The predicted molar refractivity (Wildman–Crippen MR) is 43.2 cm³/mol. The molecular formula is C9H16O2. The zero-order valence-corrected chi connectivity index (χ0v) is 7.64. The third kappa shape index (κ3) is 1.00. The number of aliphatic hydroxyl groups is 1. The van der Waals surface area contributed by atoms with Crippen molar-refractivity contribution in [3.05, 3.63) is 0 Å². The van der Waals surface area contributed by atoms with Gasteiger partial charge in [-0.1, -0.05) is 13.8 Å². The summed E-state index contributed by atoms with van der Waals surface area (Å²) in [5, 5.41) is 9.52. The smallest absolute Gasteiger partial charge is 0.174 e. The van der Waals surface area contributed by atoms with Gasteiger partial charge in [0, 0.05) is 0 Å². The van der Waals surface area contributed by atoms with Gasteiger partial charge in [-0.3, -0.25) is 4.79 Å². The summed E-state index contributed by atoms with van der Waals surface area (Å²) in [6, 6.07) is 0. The van der Waals surface area contributed by atoms with Gasteiger partial charge in [-0.15, -0.1) is 0 Å². The lowest BCUT2D eigenvalue weighted by Gasteiger charge is -2.12. The number of hydrogen-bond acceptors (Lipinski definition) is 2. The quantitative estimate of drug-likeness (QED) is 0.655. The SMILES string of the molecule is CC(C)CC1(C)C(=O)C1(C)O. The largest absolute Gasteiger partial charge is 0.381 e. The minimum atomic E-state index is -1.04. The van der Waals surface area contributed by atoms with Crippen molar-refractivity contribution in [2.24, 2.45) is 11.3 Å². The van der Waals surface area contributed by atoms with Crippen LogP contribution in [-0.2, 0) is 4.79 Å². The topological polar surface area (TPSA) is 37.3 Å². The molecule has 1 N–H and O–H groups in total. The molecule has 0 aliphatic heterocycles. The van der Waals surface area contributed by atoms with Crippen LogP contribution in [0.25, 0.3) is 0 Å². The Morgan fingerprint density at radius 3 is 1.91 bits per heavy atom. The molecule has 0 radical (unpaired) electrons. The van der Waals surface area contributed by atoms with E-state index in [9.17, 15) is 9.90 Å². The van der Waals surface area contributed by atoms with Gasteiger partial charge in [0.25, 0.3) is 0 Å². The summed E-state index contributed by atoms with van der Waals surface area (Å²) >= 11 is 0. The average Bonchev–Trinajstić information content (AvgIpc) is 2.13. The van der Waals surface area contributed by atoms with E-state index >= 15 is 0 Å². The molecule has 1 aliphatic rings. The highest BCUT2D eigenvalue weighted by atomic mass is 16.3. The van der Waals surface area contributed by atoms with Crippen LogP contribution in [0.15, 0.2) is 0 Å². The van der Waals surface area contributed by atoms with Crippen LogP contribution >= 0.6 is 0 Å². The van der Waals surface area contributed by atoms with Crippen molar-refractivity contribution in [3.63, 3.8) is 0 Å². The lowest BCUT2D eigenvalue weighted by Crippen LogP contribution is -2.14. The summed E-state index contributed by atoms with van der Waals surface area (Å²) in [6.07, 6.45) is 0.791. The fourth-order valence-electron chi connectivity index (χ4n) is 1.80. The molecule has 2 atom stereocenters. The molecule has 11 heavy (non-hydrogen) atoms. The molecule has 64 valence electrons. The van der Waals surface area contributed by atoms with E-state index in [2.05, 4.69) is 13.8 Å². The molecule has 2 unspecified atom stereocenters. The van der Waals surface area contributed by atoms with Crippen LogP contribution in [0.4, 0.5) is 0 Å². The minimum Gasteiger partial charge on any atom is -0.381 e. The van der Waals surface area contributed by atoms with Gasteiger partial charge in [0.1, 0.15) is 5.60 Å². The van der Waals surface area contributed by atoms with E-state index in [-0.39, 0.29) is 5.78 Å². The minimum absolute atomic E-state index is 0.00120. The first-order valence-electron chi connectivity index (χ1n) is 4.09. The normalized spacial score (nSPS) is 43.3. The van der Waals surface area contributed by atoms with Crippen LogP contribution < -0.4 is 0 Å². The molecule has 1 fully saturated rings. The Kier molecular flexibility index (Phi) is 1.64. The van der Waals surface area contributed by atoms with Crippen LogP contribution in [0.2, 0.25) is 0 Å². The van der Waals surface area contributed by atoms with Gasteiger partial charge >= 0.3 is 0 Å². The van der Waals surface area contributed by atoms with Crippen molar-refractivity contribution in [2.75, 3.05) is 0 Å². The van der Waals surface area contributed by atoms with Gasteiger partial charge < -0.3 is 5.11 Å². The highest BCUT2D eigenvalue weighted by molar-refractivity contribution is 6.10. The molecule has 0 saturated heterocycles. The third-order valence-electron chi connectivity index (χ3n) is 2.77. The summed E-state index contributed by atoms with van der Waals surface area (Å²) in [5.41, 5.74) is -1.50. The van der Waals surface area contributed by atoms with Crippen LogP contribution in [0.3, 0.4) is 0 Å². The lowest BCUT2D eigenvalue weighted by atomic mass is 9.93. The molecule has 0 heterocycles. The molecule has 0 aromatic carbocycles. The van der Waals surface area contributed by atoms with Crippen molar-refractivity contribution in [2.45, 2.75) is 39.7 Å². The van der Waals surface area contributed by atoms with E-state index in [0.29, 0.717) is 5.92 Å². The molecule has 0 aromatic rings. The standard InChI is InChI=1S/C9H16O2/c1-6(2)5-8(3)7(10)9(8,4)11/h6,11H,5H2,1-4H3. The van der Waals surface area contributed by atoms with E-state index in [1.165, 1.54) is 0 Å². The maximum Gasteiger partial charge on any atom is 0.174 e. The Balaban J connectivity index is 2.67. The van der Waals surface area contributed by atoms with Gasteiger partial charge in [-0.2, -0.15) is 0 Å². The molecule has 1 saturated carbocycles. The highest BCUT2D eigenvalue weighted by Crippen LogP contribution is 2.55. The Bertz CT molecular complexity index is 194. The molecule has 0 bridgehead atoms. The summed E-state index contributed by atoms with van der Waals surface area (Å²) in [4.78, 5) is 11.1. The third-order valence-corrected chi connectivity index (χ3v) is 2.77. The highest BCUT2D eigenvalue weighted by Gasteiger charge is 2.70. The number of hydrogen-bond donors (Lipinski definition) is 1. The van der Waals surface area contributed by atoms with Crippen LogP contribution in [-0.4, -0.2) is 16.5 Å². The Hall–Kier alpha value is -0.370. The zero-order valence-electron chi connectivity index (χ0n) is 7.64. The number of carbonyl (C=O) groups excluding carboxylic acids is 1. The van der Waals surface area contributed by atoms with E-state index in [0.717, 1.165) is 6.42 Å². The maximum atomic E-state index is 11.1. The predicted octanol–water partition coefficient (Wildman–Crippen LogP) is 1.37. The Morgan fingerprint density at radius 2 is 1.82 bits per heavy atom. The van der Waals surface area contributed by atoms with E-state index in [1.54, 1.807) is 6.92 Å². The summed E-state index contributed by atoms with van der Waals surface area (Å²) in [7, 11) is 0. The number of Topliss-reactive ketones (excluding diaryl/α,β-unsaturated/α-hetero) is 1. The molecule has 0 spiro atoms. The molecule has 1 aliphatic carbocycles. The van der Waals surface area contributed by atoms with Crippen LogP contribution in [0.5, 0.6) is 0 Å². The average molecular weight is 156 g/mol. The maximum absolute atomic E-state index is 11.1. The molecule has 2 nitrogen and oxygen atoms in total. The van der Waals surface area contributed by atoms with Gasteiger partial charge in [0.2, 0.25) is 0 Å². The first kappa shape index (κ1) is 8.72. The first-order chi connectivity index (χ1) is 4.82. The summed E-state index contributed by atoms with van der Waals surface area (Å²) in [6.45, 7) is 7.58. The second-order valence-corrected chi connectivity index (χ2v) is 4.33. The molecule has 2 heteroatoms. The monoisotopic (exact) mass is 156 g/mol. The van der Waals surface area contributed by atoms with Crippen molar-refractivity contribution in [1.82, 2.24) is 0 Å². The number of rotatable bonds is 2. The molecule has 0 aromatic heterocycles. The van der Waals surface area contributed by atoms with E-state index in [1.807, 2.05) is 6.92 Å². The fraction of sp³-hybridized carbons (Fsp3) is 0.889. The number of ketones is 1. The zero-order chi connectivity index (χ0) is 8.86. The van der Waals surface area contributed by atoms with Gasteiger partial charge in [0.05, 0.1) is 5.41 Å². The second-order valence-electron chi connectivity index (χ2n) is 4.33. The van der Waals surface area contributed by atoms with Crippen LogP contribution in [0, 0.1) is 11.3 Å². The number of carbonyl (C=O) groups is 1. The van der Waals surface area contributed by atoms with Crippen LogP contribution in [0.1, 0.15) is 34.1 Å². The lowest BCUT2D eigenvalue weighted by molar-refractivity contribution is -0.116. The Labute approximate surface area is 67.6 Å².